The van der Waals surface area contributed by atoms with Crippen LogP contribution in [0.25, 0.3) is 0 Å². The molecule has 0 radical (unpaired) electrons. The lowest BCUT2D eigenvalue weighted by Gasteiger charge is -2.09. The molecular formula is C9H15N3O2. The van der Waals surface area contributed by atoms with E-state index in [1.807, 2.05) is 10.8 Å². The molecule has 0 saturated heterocycles. The molecule has 14 heavy (non-hydrogen) atoms. The number of carbonyl (C=O) groups is 1. The van der Waals surface area contributed by atoms with Crippen LogP contribution in [0.3, 0.4) is 0 Å². The Kier molecular flexibility index (Phi) is 3.50. The monoisotopic (exact) mass is 197 g/mol. The third-order valence-electron chi connectivity index (χ3n) is 1.89. The van der Waals surface area contributed by atoms with Gasteiger partial charge in [0.25, 0.3) is 0 Å². The van der Waals surface area contributed by atoms with Crippen molar-refractivity contribution in [3.05, 3.63) is 18.2 Å². The van der Waals surface area contributed by atoms with Crippen LogP contribution in [0.2, 0.25) is 0 Å². The summed E-state index contributed by atoms with van der Waals surface area (Å²) in [5.41, 5.74) is 0. The Morgan fingerprint density at radius 2 is 2.43 bits per heavy atom. The molecule has 2 N–H and O–H groups in total. The van der Waals surface area contributed by atoms with Crippen LogP contribution in [0.1, 0.15) is 25.6 Å². The summed E-state index contributed by atoms with van der Waals surface area (Å²) in [6.45, 7) is 5.15. The standard InChI is InChI=1S/C9H15N3O2/c1-7(2)8-10-3-5-12(8)6-4-11-9(13)14/h3,5,7,11H,4,6H2,1-2H3,(H,13,14). The van der Waals surface area contributed by atoms with E-state index in [4.69, 9.17) is 5.11 Å². The van der Waals surface area contributed by atoms with E-state index < -0.39 is 6.09 Å². The second kappa shape index (κ2) is 4.64. The fourth-order valence-electron chi connectivity index (χ4n) is 1.29. The van der Waals surface area contributed by atoms with E-state index >= 15 is 0 Å². The third kappa shape index (κ3) is 2.76. The van der Waals surface area contributed by atoms with Crippen LogP contribution in [-0.4, -0.2) is 27.3 Å². The highest BCUT2D eigenvalue weighted by atomic mass is 16.4. The third-order valence-corrected chi connectivity index (χ3v) is 1.89. The number of hydrogen-bond donors (Lipinski definition) is 2. The number of rotatable bonds is 4. The fourth-order valence-corrected chi connectivity index (χ4v) is 1.29. The van der Waals surface area contributed by atoms with E-state index in [1.165, 1.54) is 0 Å². The zero-order chi connectivity index (χ0) is 10.6. The molecule has 0 aromatic carbocycles. The van der Waals surface area contributed by atoms with Gasteiger partial charge in [-0.3, -0.25) is 0 Å². The normalized spacial score (nSPS) is 10.5. The summed E-state index contributed by atoms with van der Waals surface area (Å²) in [5.74, 6) is 1.34. The summed E-state index contributed by atoms with van der Waals surface area (Å²) >= 11 is 0. The Hall–Kier alpha value is -1.52. The van der Waals surface area contributed by atoms with Gasteiger partial charge in [-0.25, -0.2) is 9.78 Å². The van der Waals surface area contributed by atoms with Gasteiger partial charge in [0.1, 0.15) is 5.82 Å². The van der Waals surface area contributed by atoms with Crippen LogP contribution in [0.4, 0.5) is 4.79 Å². The quantitative estimate of drug-likeness (QED) is 0.763. The smallest absolute Gasteiger partial charge is 0.404 e. The molecule has 0 bridgehead atoms. The number of nitrogens with zero attached hydrogens (tertiary/aromatic N) is 2. The summed E-state index contributed by atoms with van der Waals surface area (Å²) in [6.07, 6.45) is 2.60. The lowest BCUT2D eigenvalue weighted by atomic mass is 10.2. The highest BCUT2D eigenvalue weighted by Gasteiger charge is 2.06. The summed E-state index contributed by atoms with van der Waals surface area (Å²) in [4.78, 5) is 14.4. The minimum atomic E-state index is -0.990. The molecule has 0 atom stereocenters. The number of hydrogen-bond acceptors (Lipinski definition) is 2. The van der Waals surface area contributed by atoms with E-state index in [-0.39, 0.29) is 0 Å². The first-order valence-corrected chi connectivity index (χ1v) is 4.59. The van der Waals surface area contributed by atoms with Crippen LogP contribution in [0.15, 0.2) is 12.4 Å². The van der Waals surface area contributed by atoms with E-state index in [9.17, 15) is 4.79 Å². The molecular weight excluding hydrogens is 182 g/mol. The molecule has 1 heterocycles. The molecule has 78 valence electrons. The van der Waals surface area contributed by atoms with Gasteiger partial charge >= 0.3 is 6.09 Å². The van der Waals surface area contributed by atoms with E-state index in [2.05, 4.69) is 24.1 Å². The van der Waals surface area contributed by atoms with Crippen LogP contribution in [0, 0.1) is 0 Å². The number of amides is 1. The maximum Gasteiger partial charge on any atom is 0.404 e. The predicted octanol–water partition coefficient (Wildman–Crippen LogP) is 1.27. The Morgan fingerprint density at radius 3 is 3.00 bits per heavy atom. The summed E-state index contributed by atoms with van der Waals surface area (Å²) in [6, 6.07) is 0. The maximum absolute atomic E-state index is 10.2. The Morgan fingerprint density at radius 1 is 1.71 bits per heavy atom. The molecule has 1 aromatic rings. The zero-order valence-corrected chi connectivity index (χ0v) is 8.40. The molecule has 0 saturated carbocycles. The first-order chi connectivity index (χ1) is 6.61. The molecule has 0 aliphatic rings. The van der Waals surface area contributed by atoms with Crippen molar-refractivity contribution < 1.29 is 9.90 Å². The fraction of sp³-hybridized carbons (Fsp3) is 0.556. The predicted molar refractivity (Wildman–Crippen MR) is 52.3 cm³/mol. The van der Waals surface area contributed by atoms with Crippen molar-refractivity contribution in [3.63, 3.8) is 0 Å². The number of imidazole rings is 1. The second-order valence-corrected chi connectivity index (χ2v) is 3.37. The van der Waals surface area contributed by atoms with E-state index in [0.717, 1.165) is 5.82 Å². The average Bonchev–Trinajstić information content (AvgIpc) is 2.51. The maximum atomic E-state index is 10.2. The first kappa shape index (κ1) is 10.6. The Balaban J connectivity index is 2.50. The molecule has 5 nitrogen and oxygen atoms in total. The van der Waals surface area contributed by atoms with Crippen molar-refractivity contribution in [3.8, 4) is 0 Å². The summed E-state index contributed by atoms with van der Waals surface area (Å²) < 4.78 is 1.96. The largest absolute Gasteiger partial charge is 0.465 e. The number of carboxylic acid groups (broad SMARTS) is 1. The lowest BCUT2D eigenvalue weighted by molar-refractivity contribution is 0.194. The highest BCUT2D eigenvalue weighted by Crippen LogP contribution is 2.10. The lowest BCUT2D eigenvalue weighted by Crippen LogP contribution is -2.25. The van der Waals surface area contributed by atoms with Crippen LogP contribution < -0.4 is 5.32 Å². The molecule has 0 aliphatic carbocycles. The number of nitrogens with one attached hydrogen (secondary N) is 1. The van der Waals surface area contributed by atoms with Crippen molar-refractivity contribution in [2.24, 2.45) is 0 Å². The average molecular weight is 197 g/mol. The van der Waals surface area contributed by atoms with Gasteiger partial charge < -0.3 is 15.0 Å². The molecule has 5 heteroatoms. The van der Waals surface area contributed by atoms with Gasteiger partial charge in [0.2, 0.25) is 0 Å². The molecule has 0 unspecified atom stereocenters. The SMILES string of the molecule is CC(C)c1nccn1CCNC(=O)O. The van der Waals surface area contributed by atoms with Crippen molar-refractivity contribution >= 4 is 6.09 Å². The minimum Gasteiger partial charge on any atom is -0.465 e. The van der Waals surface area contributed by atoms with E-state index in [1.54, 1.807) is 6.20 Å². The number of aromatic nitrogens is 2. The van der Waals surface area contributed by atoms with Crippen molar-refractivity contribution in [1.82, 2.24) is 14.9 Å². The molecule has 0 fully saturated rings. The van der Waals surface area contributed by atoms with Crippen molar-refractivity contribution in [2.45, 2.75) is 26.3 Å². The van der Waals surface area contributed by atoms with Gasteiger partial charge in [-0.15, -0.1) is 0 Å². The van der Waals surface area contributed by atoms with Gasteiger partial charge in [-0.1, -0.05) is 13.8 Å². The summed E-state index contributed by atoms with van der Waals surface area (Å²) in [5, 5.41) is 10.7. The second-order valence-electron chi connectivity index (χ2n) is 3.37. The highest BCUT2D eigenvalue weighted by molar-refractivity contribution is 5.64. The van der Waals surface area contributed by atoms with Gasteiger partial charge in [0.05, 0.1) is 0 Å². The molecule has 0 aliphatic heterocycles. The van der Waals surface area contributed by atoms with Gasteiger partial charge in [-0.2, -0.15) is 0 Å². The minimum absolute atomic E-state index is 0.356. The zero-order valence-electron chi connectivity index (χ0n) is 8.40. The van der Waals surface area contributed by atoms with Crippen LogP contribution >= 0.6 is 0 Å². The molecule has 1 rings (SSSR count). The van der Waals surface area contributed by atoms with Crippen molar-refractivity contribution in [1.29, 1.82) is 0 Å². The van der Waals surface area contributed by atoms with Gasteiger partial charge in [0.15, 0.2) is 0 Å². The van der Waals surface area contributed by atoms with Crippen LogP contribution in [0.5, 0.6) is 0 Å². The van der Waals surface area contributed by atoms with Gasteiger partial charge in [0, 0.05) is 31.4 Å². The topological polar surface area (TPSA) is 67.2 Å². The first-order valence-electron chi connectivity index (χ1n) is 4.59. The molecule has 0 spiro atoms. The Bertz CT molecular complexity index is 307. The van der Waals surface area contributed by atoms with Crippen LogP contribution in [-0.2, 0) is 6.54 Å². The van der Waals surface area contributed by atoms with Crippen molar-refractivity contribution in [2.75, 3.05) is 6.54 Å². The Labute approximate surface area is 82.8 Å². The van der Waals surface area contributed by atoms with E-state index in [0.29, 0.717) is 19.0 Å². The molecule has 1 amide bonds. The summed E-state index contributed by atoms with van der Waals surface area (Å²) in [7, 11) is 0. The molecule has 1 aromatic heterocycles. The van der Waals surface area contributed by atoms with Gasteiger partial charge in [-0.05, 0) is 0 Å².